The van der Waals surface area contributed by atoms with E-state index in [1.807, 2.05) is 6.92 Å². The number of carbonyl (C=O) groups is 3. The van der Waals surface area contributed by atoms with Crippen LogP contribution in [0.5, 0.6) is 5.75 Å². The maximum absolute atomic E-state index is 12.8. The van der Waals surface area contributed by atoms with Crippen LogP contribution in [0.1, 0.15) is 70.1 Å². The third kappa shape index (κ3) is 5.97. The Balaban J connectivity index is 2.36. The van der Waals surface area contributed by atoms with Crippen molar-refractivity contribution in [1.82, 2.24) is 0 Å². The number of nitrogen functional groups attached to an aromatic ring is 1. The Labute approximate surface area is 185 Å². The van der Waals surface area contributed by atoms with Crippen molar-refractivity contribution < 1.29 is 28.6 Å². The highest BCUT2D eigenvalue weighted by atomic mass is 32.1. The first-order valence-corrected chi connectivity index (χ1v) is 10.9. The second-order valence-corrected chi connectivity index (χ2v) is 8.01. The van der Waals surface area contributed by atoms with Crippen LogP contribution in [0.15, 0.2) is 18.2 Å². The first-order chi connectivity index (χ1) is 14.7. The molecule has 2 aromatic rings. The summed E-state index contributed by atoms with van der Waals surface area (Å²) < 4.78 is 15.9. The maximum atomic E-state index is 12.8. The summed E-state index contributed by atoms with van der Waals surface area (Å²) in [4.78, 5) is 38.0. The SMILES string of the molecule is CCCOc1ccc(C(=O)Nc2sc(C(=O)OC(C)C)c(C)c2C(=O)OCC)cc1N. The molecule has 1 aromatic heterocycles. The van der Waals surface area contributed by atoms with E-state index in [1.54, 1.807) is 39.8 Å². The Morgan fingerprint density at radius 3 is 2.45 bits per heavy atom. The number of carbonyl (C=O) groups excluding carboxylic acids is 3. The first kappa shape index (κ1) is 24.2. The summed E-state index contributed by atoms with van der Waals surface area (Å²) in [7, 11) is 0. The molecule has 168 valence electrons. The molecule has 31 heavy (non-hydrogen) atoms. The van der Waals surface area contributed by atoms with Crippen LogP contribution in [0.25, 0.3) is 0 Å². The number of rotatable bonds is 9. The molecule has 0 atom stereocenters. The number of hydrogen-bond donors (Lipinski definition) is 2. The van der Waals surface area contributed by atoms with Crippen LogP contribution in [-0.4, -0.2) is 37.2 Å². The van der Waals surface area contributed by atoms with Crippen LogP contribution in [-0.2, 0) is 9.47 Å². The van der Waals surface area contributed by atoms with Gasteiger partial charge in [-0.3, -0.25) is 4.79 Å². The second-order valence-electron chi connectivity index (χ2n) is 6.99. The van der Waals surface area contributed by atoms with Crippen molar-refractivity contribution in [2.24, 2.45) is 0 Å². The van der Waals surface area contributed by atoms with Crippen molar-refractivity contribution in [3.8, 4) is 5.75 Å². The van der Waals surface area contributed by atoms with Crippen molar-refractivity contribution >= 4 is 39.9 Å². The fourth-order valence-electron chi connectivity index (χ4n) is 2.72. The number of anilines is 2. The molecule has 0 spiro atoms. The standard InChI is InChI=1S/C22H28N2O6S/c1-6-10-29-16-9-8-14(11-15(16)23)19(25)24-20-17(21(26)28-7-2)13(5)18(31-20)22(27)30-12(3)4/h8-9,11-12H,6-7,10,23H2,1-5H3,(H,24,25). The number of hydrogen-bond acceptors (Lipinski definition) is 8. The monoisotopic (exact) mass is 448 g/mol. The van der Waals surface area contributed by atoms with Gasteiger partial charge in [0, 0.05) is 5.56 Å². The van der Waals surface area contributed by atoms with Crippen molar-refractivity contribution in [2.75, 3.05) is 24.3 Å². The van der Waals surface area contributed by atoms with Crippen molar-refractivity contribution in [3.05, 3.63) is 39.8 Å². The fraction of sp³-hybridized carbons (Fsp3) is 0.409. The molecular weight excluding hydrogens is 420 g/mol. The lowest BCUT2D eigenvalue weighted by Crippen LogP contribution is -2.15. The van der Waals surface area contributed by atoms with Crippen LogP contribution in [0.4, 0.5) is 10.7 Å². The number of nitrogens with one attached hydrogen (secondary N) is 1. The van der Waals surface area contributed by atoms with E-state index in [4.69, 9.17) is 19.9 Å². The molecule has 0 aliphatic heterocycles. The molecule has 1 aromatic carbocycles. The molecule has 1 amide bonds. The lowest BCUT2D eigenvalue weighted by atomic mass is 10.1. The summed E-state index contributed by atoms with van der Waals surface area (Å²) in [5.74, 6) is -1.18. The van der Waals surface area contributed by atoms with Crippen LogP contribution in [0.3, 0.4) is 0 Å². The third-order valence-corrected chi connectivity index (χ3v) is 5.30. The van der Waals surface area contributed by atoms with Crippen LogP contribution in [0, 0.1) is 6.92 Å². The Morgan fingerprint density at radius 1 is 1.16 bits per heavy atom. The largest absolute Gasteiger partial charge is 0.491 e. The fourth-order valence-corrected chi connectivity index (χ4v) is 3.79. The van der Waals surface area contributed by atoms with Crippen molar-refractivity contribution in [1.29, 1.82) is 0 Å². The molecular formula is C22H28N2O6S. The molecule has 8 nitrogen and oxygen atoms in total. The van der Waals surface area contributed by atoms with E-state index in [1.165, 1.54) is 6.07 Å². The first-order valence-electron chi connectivity index (χ1n) is 10.0. The Hall–Kier alpha value is -3.07. The number of benzene rings is 1. The minimum absolute atomic E-state index is 0.131. The third-order valence-electron chi connectivity index (χ3n) is 4.12. The number of esters is 2. The second kappa shape index (κ2) is 10.8. The van der Waals surface area contributed by atoms with E-state index in [9.17, 15) is 14.4 Å². The summed E-state index contributed by atoms with van der Waals surface area (Å²) >= 11 is 0.969. The summed E-state index contributed by atoms with van der Waals surface area (Å²) in [6, 6.07) is 4.70. The van der Waals surface area contributed by atoms with E-state index < -0.39 is 17.8 Å². The Bertz CT molecular complexity index is 967. The van der Waals surface area contributed by atoms with Gasteiger partial charge in [0.2, 0.25) is 0 Å². The minimum atomic E-state index is -0.627. The van der Waals surface area contributed by atoms with Gasteiger partial charge in [0.15, 0.2) is 0 Å². The molecule has 0 bridgehead atoms. The molecule has 0 fully saturated rings. The molecule has 3 N–H and O–H groups in total. The van der Waals surface area contributed by atoms with Crippen LogP contribution < -0.4 is 15.8 Å². The molecule has 0 saturated heterocycles. The van der Waals surface area contributed by atoms with Gasteiger partial charge in [-0.1, -0.05) is 6.92 Å². The molecule has 0 unspecified atom stereocenters. The van der Waals surface area contributed by atoms with Crippen molar-refractivity contribution in [3.63, 3.8) is 0 Å². The van der Waals surface area contributed by atoms with Gasteiger partial charge in [-0.05, 0) is 57.9 Å². The lowest BCUT2D eigenvalue weighted by Gasteiger charge is -2.10. The highest BCUT2D eigenvalue weighted by Crippen LogP contribution is 2.35. The Kier molecular flexibility index (Phi) is 8.44. The normalized spacial score (nSPS) is 10.6. The van der Waals surface area contributed by atoms with Gasteiger partial charge in [-0.15, -0.1) is 11.3 Å². The van der Waals surface area contributed by atoms with Gasteiger partial charge < -0.3 is 25.3 Å². The zero-order valence-corrected chi connectivity index (χ0v) is 19.2. The molecule has 2 rings (SSSR count). The van der Waals surface area contributed by atoms with Crippen LogP contribution >= 0.6 is 11.3 Å². The van der Waals surface area contributed by atoms with Gasteiger partial charge in [0.1, 0.15) is 15.6 Å². The highest BCUT2D eigenvalue weighted by Gasteiger charge is 2.28. The molecule has 9 heteroatoms. The summed E-state index contributed by atoms with van der Waals surface area (Å²) in [6.07, 6.45) is 0.506. The van der Waals surface area contributed by atoms with Gasteiger partial charge in [0.05, 0.1) is 30.6 Å². The maximum Gasteiger partial charge on any atom is 0.348 e. The number of amides is 1. The zero-order valence-electron chi connectivity index (χ0n) is 18.4. The lowest BCUT2D eigenvalue weighted by molar-refractivity contribution is 0.0383. The Morgan fingerprint density at radius 2 is 1.87 bits per heavy atom. The van der Waals surface area contributed by atoms with Gasteiger partial charge in [-0.2, -0.15) is 0 Å². The summed E-state index contributed by atoms with van der Waals surface area (Å²) in [5.41, 5.74) is 7.13. The minimum Gasteiger partial charge on any atom is -0.491 e. The quantitative estimate of drug-likeness (QED) is 0.431. The van der Waals surface area contributed by atoms with Gasteiger partial charge in [0.25, 0.3) is 5.91 Å². The molecule has 0 aliphatic carbocycles. The topological polar surface area (TPSA) is 117 Å². The summed E-state index contributed by atoms with van der Waals surface area (Å²) in [5, 5.41) is 2.91. The van der Waals surface area contributed by atoms with E-state index in [2.05, 4.69) is 5.32 Å². The van der Waals surface area contributed by atoms with E-state index in [0.29, 0.717) is 23.6 Å². The predicted octanol–water partition coefficient (Wildman–Crippen LogP) is 4.42. The van der Waals surface area contributed by atoms with Gasteiger partial charge >= 0.3 is 11.9 Å². The average molecular weight is 449 g/mol. The highest BCUT2D eigenvalue weighted by molar-refractivity contribution is 7.18. The molecule has 0 saturated carbocycles. The zero-order chi connectivity index (χ0) is 23.1. The molecule has 1 heterocycles. The molecule has 0 aliphatic rings. The molecule has 0 radical (unpaired) electrons. The number of nitrogens with two attached hydrogens (primary N) is 1. The summed E-state index contributed by atoms with van der Waals surface area (Å²) in [6.45, 7) is 9.41. The smallest absolute Gasteiger partial charge is 0.348 e. The average Bonchev–Trinajstić information content (AvgIpc) is 3.02. The van der Waals surface area contributed by atoms with E-state index >= 15 is 0 Å². The van der Waals surface area contributed by atoms with E-state index in [0.717, 1.165) is 17.8 Å². The van der Waals surface area contributed by atoms with Crippen LogP contribution in [0.2, 0.25) is 0 Å². The number of ether oxygens (including phenoxy) is 3. The van der Waals surface area contributed by atoms with Crippen molar-refractivity contribution in [2.45, 2.75) is 47.1 Å². The van der Waals surface area contributed by atoms with Gasteiger partial charge in [-0.25, -0.2) is 9.59 Å². The van der Waals surface area contributed by atoms with E-state index in [-0.39, 0.29) is 33.7 Å². The predicted molar refractivity (Wildman–Crippen MR) is 120 cm³/mol. The number of thiophene rings is 1.